The standard InChI is InChI=1S/C22H26ClFN4O3/c23-17-12-27-21(28-22(29)20-13-25-5-8-31-20)10-16(17)15-1-2-18(24)19(9-15)26-11-14-3-6-30-7-4-14/h1-2,9-10,12,14,20,25-26H,3-8,11,13H2,(H,27,28,29)/t20-/m1/s1. The highest BCUT2D eigenvalue weighted by Crippen LogP contribution is 2.32. The number of halogens is 2. The van der Waals surface area contributed by atoms with Crippen molar-refractivity contribution in [2.75, 3.05) is 50.1 Å². The summed E-state index contributed by atoms with van der Waals surface area (Å²) in [7, 11) is 0. The Balaban J connectivity index is 1.48. The van der Waals surface area contributed by atoms with E-state index in [0.717, 1.165) is 38.2 Å². The first-order chi connectivity index (χ1) is 15.1. The average Bonchev–Trinajstić information content (AvgIpc) is 2.81. The summed E-state index contributed by atoms with van der Waals surface area (Å²) in [5.41, 5.74) is 1.81. The van der Waals surface area contributed by atoms with Gasteiger partial charge in [-0.2, -0.15) is 0 Å². The van der Waals surface area contributed by atoms with Crippen LogP contribution in [0.4, 0.5) is 15.9 Å². The molecule has 0 spiro atoms. The maximum absolute atomic E-state index is 14.4. The summed E-state index contributed by atoms with van der Waals surface area (Å²) in [6, 6.07) is 6.50. The second-order valence-electron chi connectivity index (χ2n) is 7.73. The minimum atomic E-state index is -0.568. The molecule has 1 amide bonds. The van der Waals surface area contributed by atoms with Gasteiger partial charge in [0, 0.05) is 44.6 Å². The number of rotatable bonds is 6. The predicted octanol–water partition coefficient (Wildman–Crippen LogP) is 3.31. The summed E-state index contributed by atoms with van der Waals surface area (Å²) in [6.07, 6.45) is 2.84. The largest absolute Gasteiger partial charge is 0.382 e. The monoisotopic (exact) mass is 448 g/mol. The lowest BCUT2D eigenvalue weighted by Crippen LogP contribution is -2.45. The Hall–Kier alpha value is -2.26. The first-order valence-electron chi connectivity index (χ1n) is 10.5. The molecule has 0 bridgehead atoms. The summed E-state index contributed by atoms with van der Waals surface area (Å²) in [5.74, 6) is 0.224. The van der Waals surface area contributed by atoms with E-state index in [-0.39, 0.29) is 11.7 Å². The zero-order valence-electron chi connectivity index (χ0n) is 17.1. The van der Waals surface area contributed by atoms with Crippen LogP contribution in [0.25, 0.3) is 11.1 Å². The molecule has 4 rings (SSSR count). The Bertz CT molecular complexity index is 918. The summed E-state index contributed by atoms with van der Waals surface area (Å²) in [4.78, 5) is 16.6. The third-order valence-corrected chi connectivity index (χ3v) is 5.83. The number of nitrogens with one attached hydrogen (secondary N) is 3. The van der Waals surface area contributed by atoms with E-state index in [1.165, 1.54) is 12.3 Å². The molecule has 31 heavy (non-hydrogen) atoms. The Labute approximate surface area is 185 Å². The van der Waals surface area contributed by atoms with Gasteiger partial charge in [-0.3, -0.25) is 4.79 Å². The molecule has 3 N–H and O–H groups in total. The van der Waals surface area contributed by atoms with Crippen LogP contribution in [0, 0.1) is 11.7 Å². The number of aromatic nitrogens is 1. The maximum atomic E-state index is 14.4. The topological polar surface area (TPSA) is 84.5 Å². The highest BCUT2D eigenvalue weighted by molar-refractivity contribution is 6.33. The van der Waals surface area contributed by atoms with E-state index >= 15 is 0 Å². The van der Waals surface area contributed by atoms with Gasteiger partial charge in [0.25, 0.3) is 5.91 Å². The van der Waals surface area contributed by atoms with Crippen molar-refractivity contribution in [1.29, 1.82) is 0 Å². The zero-order valence-corrected chi connectivity index (χ0v) is 17.9. The molecule has 0 saturated carbocycles. The van der Waals surface area contributed by atoms with Crippen LogP contribution in [0.2, 0.25) is 5.02 Å². The molecule has 0 aliphatic carbocycles. The number of hydrogen-bond acceptors (Lipinski definition) is 6. The molecule has 9 heteroatoms. The van der Waals surface area contributed by atoms with Gasteiger partial charge < -0.3 is 25.4 Å². The number of pyridine rings is 1. The second-order valence-corrected chi connectivity index (χ2v) is 8.14. The third-order valence-electron chi connectivity index (χ3n) is 5.53. The van der Waals surface area contributed by atoms with Gasteiger partial charge in [0.1, 0.15) is 17.7 Å². The highest BCUT2D eigenvalue weighted by Gasteiger charge is 2.22. The average molecular weight is 449 g/mol. The van der Waals surface area contributed by atoms with E-state index < -0.39 is 6.10 Å². The number of anilines is 2. The molecule has 1 atom stereocenters. The summed E-state index contributed by atoms with van der Waals surface area (Å²) < 4.78 is 25.2. The quantitative estimate of drug-likeness (QED) is 0.628. The normalized spacial score (nSPS) is 19.7. The van der Waals surface area contributed by atoms with Gasteiger partial charge in [-0.1, -0.05) is 17.7 Å². The maximum Gasteiger partial charge on any atom is 0.255 e. The van der Waals surface area contributed by atoms with Crippen LogP contribution >= 0.6 is 11.6 Å². The molecule has 2 aromatic rings. The van der Waals surface area contributed by atoms with Gasteiger partial charge >= 0.3 is 0 Å². The molecule has 0 radical (unpaired) electrons. The summed E-state index contributed by atoms with van der Waals surface area (Å²) in [6.45, 7) is 3.84. The number of morpholine rings is 1. The van der Waals surface area contributed by atoms with Gasteiger partial charge in [-0.25, -0.2) is 9.37 Å². The Morgan fingerprint density at radius 3 is 2.87 bits per heavy atom. The fraction of sp³-hybridized carbons (Fsp3) is 0.455. The zero-order chi connectivity index (χ0) is 21.6. The van der Waals surface area contributed by atoms with Crippen molar-refractivity contribution in [2.24, 2.45) is 5.92 Å². The van der Waals surface area contributed by atoms with Crippen LogP contribution in [0.1, 0.15) is 12.8 Å². The van der Waals surface area contributed by atoms with E-state index in [9.17, 15) is 9.18 Å². The molecular weight excluding hydrogens is 423 g/mol. The van der Waals surface area contributed by atoms with Gasteiger partial charge in [0.15, 0.2) is 0 Å². The minimum Gasteiger partial charge on any atom is -0.382 e. The molecule has 1 aromatic carbocycles. The van der Waals surface area contributed by atoms with E-state index in [1.54, 1.807) is 18.2 Å². The van der Waals surface area contributed by atoms with Crippen molar-refractivity contribution in [3.8, 4) is 11.1 Å². The second kappa shape index (κ2) is 10.4. The lowest BCUT2D eigenvalue weighted by Gasteiger charge is -2.23. The molecule has 2 saturated heterocycles. The number of benzene rings is 1. The number of carbonyl (C=O) groups is 1. The van der Waals surface area contributed by atoms with Crippen LogP contribution in [0.3, 0.4) is 0 Å². The molecule has 166 valence electrons. The predicted molar refractivity (Wildman–Crippen MR) is 118 cm³/mol. The van der Waals surface area contributed by atoms with Crippen molar-refractivity contribution in [3.05, 3.63) is 41.3 Å². The van der Waals surface area contributed by atoms with Crippen LogP contribution in [0.15, 0.2) is 30.5 Å². The van der Waals surface area contributed by atoms with E-state index in [2.05, 4.69) is 20.9 Å². The van der Waals surface area contributed by atoms with Crippen LogP contribution in [-0.2, 0) is 14.3 Å². The Morgan fingerprint density at radius 2 is 2.10 bits per heavy atom. The molecule has 2 fully saturated rings. The van der Waals surface area contributed by atoms with Gasteiger partial charge in [0.05, 0.1) is 17.3 Å². The molecule has 2 aliphatic rings. The van der Waals surface area contributed by atoms with Gasteiger partial charge in [-0.05, 0) is 42.5 Å². The van der Waals surface area contributed by atoms with Crippen molar-refractivity contribution in [3.63, 3.8) is 0 Å². The fourth-order valence-corrected chi connectivity index (χ4v) is 3.91. The summed E-state index contributed by atoms with van der Waals surface area (Å²) in [5, 5.41) is 9.52. The number of carbonyl (C=O) groups excluding carboxylic acids is 1. The number of amides is 1. The van der Waals surface area contributed by atoms with Gasteiger partial charge in [-0.15, -0.1) is 0 Å². The number of nitrogens with zero attached hydrogens (tertiary/aromatic N) is 1. The van der Waals surface area contributed by atoms with Crippen molar-refractivity contribution in [2.45, 2.75) is 18.9 Å². The molecule has 0 unspecified atom stereocenters. The Kier molecular flexibility index (Phi) is 7.34. The lowest BCUT2D eigenvalue weighted by atomic mass is 10.00. The molecule has 1 aromatic heterocycles. The fourth-order valence-electron chi connectivity index (χ4n) is 3.70. The molecular formula is C22H26ClFN4O3. The first kappa shape index (κ1) is 22.0. The van der Waals surface area contributed by atoms with Crippen molar-refractivity contribution >= 4 is 29.0 Å². The van der Waals surface area contributed by atoms with Gasteiger partial charge in [0.2, 0.25) is 0 Å². The number of hydrogen-bond donors (Lipinski definition) is 3. The molecule has 7 nitrogen and oxygen atoms in total. The van der Waals surface area contributed by atoms with Crippen molar-refractivity contribution < 1.29 is 18.7 Å². The van der Waals surface area contributed by atoms with E-state index in [0.29, 0.717) is 47.7 Å². The lowest BCUT2D eigenvalue weighted by molar-refractivity contribution is -0.128. The molecule has 2 aliphatic heterocycles. The third kappa shape index (κ3) is 5.71. The first-order valence-corrected chi connectivity index (χ1v) is 10.9. The number of ether oxygens (including phenoxy) is 2. The van der Waals surface area contributed by atoms with E-state index in [1.807, 2.05) is 0 Å². The Morgan fingerprint density at radius 1 is 1.26 bits per heavy atom. The van der Waals surface area contributed by atoms with Crippen LogP contribution < -0.4 is 16.0 Å². The van der Waals surface area contributed by atoms with Crippen LogP contribution in [-0.4, -0.2) is 56.5 Å². The summed E-state index contributed by atoms with van der Waals surface area (Å²) >= 11 is 6.37. The van der Waals surface area contributed by atoms with Crippen LogP contribution in [0.5, 0.6) is 0 Å². The minimum absolute atomic E-state index is 0.272. The SMILES string of the molecule is O=C(Nc1cc(-c2ccc(F)c(NCC3CCOCC3)c2)c(Cl)cn1)[C@H]1CNCCO1. The highest BCUT2D eigenvalue weighted by atomic mass is 35.5. The smallest absolute Gasteiger partial charge is 0.255 e. The van der Waals surface area contributed by atoms with E-state index in [4.69, 9.17) is 21.1 Å². The molecule has 3 heterocycles. The van der Waals surface area contributed by atoms with Crippen molar-refractivity contribution in [1.82, 2.24) is 10.3 Å².